The fourth-order valence-electron chi connectivity index (χ4n) is 5.03. The number of hydrogen-bond donors (Lipinski definition) is 0. The minimum absolute atomic E-state index is 0.532. The van der Waals surface area contributed by atoms with Crippen LogP contribution in [0.1, 0.15) is 95.8 Å². The van der Waals surface area contributed by atoms with Gasteiger partial charge in [-0.1, -0.05) is 102 Å². The molecule has 0 radical (unpaired) electrons. The monoisotopic (exact) mass is 416 g/mol. The number of hydrogen-bond acceptors (Lipinski definition) is 0. The molecule has 0 heteroatoms. The van der Waals surface area contributed by atoms with Crippen molar-refractivity contribution in [2.24, 2.45) is 11.3 Å². The van der Waals surface area contributed by atoms with Crippen LogP contribution < -0.4 is 0 Å². The second kappa shape index (κ2) is 11.2. The van der Waals surface area contributed by atoms with Crippen molar-refractivity contribution in [3.05, 3.63) is 71.3 Å². The summed E-state index contributed by atoms with van der Waals surface area (Å²) in [7, 11) is 0. The van der Waals surface area contributed by atoms with E-state index in [2.05, 4.69) is 76.7 Å². The van der Waals surface area contributed by atoms with Gasteiger partial charge in [-0.05, 0) is 90.5 Å². The van der Waals surface area contributed by atoms with Crippen LogP contribution in [0.5, 0.6) is 0 Å². The van der Waals surface area contributed by atoms with Gasteiger partial charge in [0.2, 0.25) is 0 Å². The normalized spacial score (nSPS) is 17.4. The molecule has 168 valence electrons. The average molecular weight is 417 g/mol. The van der Waals surface area contributed by atoms with Crippen molar-refractivity contribution < 1.29 is 0 Å². The maximum Gasteiger partial charge on any atom is -0.0152 e. The summed E-state index contributed by atoms with van der Waals surface area (Å²) in [4.78, 5) is 0. The van der Waals surface area contributed by atoms with Gasteiger partial charge in [-0.3, -0.25) is 0 Å². The van der Waals surface area contributed by atoms with Gasteiger partial charge in [-0.15, -0.1) is 0 Å². The molecule has 1 atom stereocenters. The summed E-state index contributed by atoms with van der Waals surface area (Å²) in [5.74, 6) is 0.852. The lowest BCUT2D eigenvalue weighted by molar-refractivity contribution is 0.0727. The summed E-state index contributed by atoms with van der Waals surface area (Å²) in [6.45, 7) is 13.7. The number of benzene rings is 2. The highest BCUT2D eigenvalue weighted by molar-refractivity contribution is 5.68. The molecule has 1 unspecified atom stereocenters. The predicted molar refractivity (Wildman–Crippen MR) is 138 cm³/mol. The van der Waals surface area contributed by atoms with Crippen molar-refractivity contribution in [1.82, 2.24) is 0 Å². The summed E-state index contributed by atoms with van der Waals surface area (Å²) < 4.78 is 0. The molecule has 2 aromatic rings. The highest BCUT2D eigenvalue weighted by Gasteiger charge is 2.37. The molecule has 31 heavy (non-hydrogen) atoms. The zero-order valence-electron chi connectivity index (χ0n) is 20.6. The maximum atomic E-state index is 4.32. The van der Waals surface area contributed by atoms with Crippen molar-refractivity contribution in [3.63, 3.8) is 0 Å². The van der Waals surface area contributed by atoms with Gasteiger partial charge in [0.05, 0.1) is 0 Å². The van der Waals surface area contributed by atoms with Crippen LogP contribution in [0, 0.1) is 11.3 Å². The summed E-state index contributed by atoms with van der Waals surface area (Å²) in [5, 5.41) is 0. The van der Waals surface area contributed by atoms with Gasteiger partial charge >= 0.3 is 0 Å². The maximum absolute atomic E-state index is 4.32. The van der Waals surface area contributed by atoms with Crippen molar-refractivity contribution >= 4 is 0 Å². The Morgan fingerprint density at radius 3 is 2.29 bits per heavy atom. The Bertz CT molecular complexity index is 837. The highest BCUT2D eigenvalue weighted by Crippen LogP contribution is 2.47. The summed E-state index contributed by atoms with van der Waals surface area (Å²) in [5.41, 5.74) is 9.14. The van der Waals surface area contributed by atoms with Crippen molar-refractivity contribution in [2.45, 2.75) is 98.3 Å². The van der Waals surface area contributed by atoms with Crippen LogP contribution in [-0.4, -0.2) is 0 Å². The van der Waals surface area contributed by atoms with Gasteiger partial charge in [0.1, 0.15) is 0 Å². The molecule has 1 aliphatic rings. The topological polar surface area (TPSA) is 0 Å². The first-order valence-electron chi connectivity index (χ1n) is 12.8. The lowest BCUT2D eigenvalue weighted by atomic mass is 9.61. The molecular formula is C31H44. The molecule has 0 aromatic heterocycles. The van der Waals surface area contributed by atoms with E-state index in [0.717, 1.165) is 25.2 Å². The Morgan fingerprint density at radius 2 is 1.68 bits per heavy atom. The van der Waals surface area contributed by atoms with Crippen molar-refractivity contribution in [2.75, 3.05) is 0 Å². The second-order valence-electron chi connectivity index (χ2n) is 10.5. The van der Waals surface area contributed by atoms with Crippen LogP contribution in [0.2, 0.25) is 0 Å². The first-order valence-corrected chi connectivity index (χ1v) is 12.8. The van der Waals surface area contributed by atoms with Gasteiger partial charge < -0.3 is 0 Å². The molecule has 0 nitrogen and oxygen atoms in total. The number of rotatable bonds is 12. The van der Waals surface area contributed by atoms with E-state index in [-0.39, 0.29) is 0 Å². The molecule has 0 saturated heterocycles. The van der Waals surface area contributed by atoms with E-state index in [1.165, 1.54) is 84.8 Å². The van der Waals surface area contributed by atoms with Crippen LogP contribution in [0.15, 0.2) is 54.6 Å². The quantitative estimate of drug-likeness (QED) is 0.239. The Balaban J connectivity index is 1.58. The third-order valence-corrected chi connectivity index (χ3v) is 7.69. The van der Waals surface area contributed by atoms with E-state index in [4.69, 9.17) is 0 Å². The molecule has 0 spiro atoms. The fourth-order valence-corrected chi connectivity index (χ4v) is 5.03. The van der Waals surface area contributed by atoms with Gasteiger partial charge in [-0.2, -0.15) is 0 Å². The number of aryl methyl sites for hydroxylation is 2. The largest absolute Gasteiger partial charge is 0.0999 e. The molecule has 1 fully saturated rings. The van der Waals surface area contributed by atoms with E-state index >= 15 is 0 Å². The van der Waals surface area contributed by atoms with Crippen LogP contribution in [0.25, 0.3) is 11.1 Å². The van der Waals surface area contributed by atoms with Crippen molar-refractivity contribution in [1.29, 1.82) is 0 Å². The molecule has 1 aliphatic carbocycles. The first kappa shape index (κ1) is 23.8. The Labute approximate surface area is 192 Å². The Hall–Kier alpha value is -1.82. The first-order chi connectivity index (χ1) is 14.9. The van der Waals surface area contributed by atoms with E-state index in [0.29, 0.717) is 5.41 Å². The Morgan fingerprint density at radius 1 is 0.935 bits per heavy atom. The molecule has 0 heterocycles. The van der Waals surface area contributed by atoms with Gasteiger partial charge in [0, 0.05) is 0 Å². The summed E-state index contributed by atoms with van der Waals surface area (Å²) >= 11 is 0. The zero-order valence-corrected chi connectivity index (χ0v) is 20.6. The lowest BCUT2D eigenvalue weighted by Gasteiger charge is -2.45. The van der Waals surface area contributed by atoms with Crippen LogP contribution >= 0.6 is 0 Å². The summed E-state index contributed by atoms with van der Waals surface area (Å²) in [6, 6.07) is 16.5. The molecular weight excluding hydrogens is 372 g/mol. The molecule has 0 aliphatic heterocycles. The Kier molecular flexibility index (Phi) is 8.58. The van der Waals surface area contributed by atoms with Crippen LogP contribution in [-0.2, 0) is 19.3 Å². The van der Waals surface area contributed by atoms with Gasteiger partial charge in [0.15, 0.2) is 0 Å². The van der Waals surface area contributed by atoms with Gasteiger partial charge in [-0.25, -0.2) is 0 Å². The third kappa shape index (κ3) is 6.58. The molecule has 0 bridgehead atoms. The average Bonchev–Trinajstić information content (AvgIpc) is 2.78. The van der Waals surface area contributed by atoms with E-state index in [1.807, 2.05) is 0 Å². The molecule has 3 rings (SSSR count). The van der Waals surface area contributed by atoms with Crippen LogP contribution in [0.4, 0.5) is 0 Å². The van der Waals surface area contributed by atoms with Crippen molar-refractivity contribution in [3.8, 4) is 11.1 Å². The van der Waals surface area contributed by atoms with E-state index < -0.39 is 0 Å². The number of allylic oxidation sites excluding steroid dienone is 1. The zero-order chi connectivity index (χ0) is 22.3. The number of unbranched alkanes of at least 4 members (excludes halogenated alkanes) is 3. The minimum atomic E-state index is 0.532. The molecule has 1 saturated carbocycles. The van der Waals surface area contributed by atoms with Crippen LogP contribution in [0.3, 0.4) is 0 Å². The highest BCUT2D eigenvalue weighted by atomic mass is 14.4. The standard InChI is InChI=1S/C31H44/c1-6-8-9-10-11-24(3)12-13-25-16-19-30(27(7-2)22-25)28-17-14-26(15-18-28)23-29-20-21-31(29,4)5/h14-19,22,29H,3,6-13,20-21,23H2,1-2,4-5H3. The fraction of sp³-hybridized carbons (Fsp3) is 0.548. The molecule has 0 N–H and O–H groups in total. The SMILES string of the molecule is C=C(CCCCCC)CCc1ccc(-c2ccc(CC3CCC3(C)C)cc2)c(CC)c1. The predicted octanol–water partition coefficient (Wildman–Crippen LogP) is 9.35. The smallest absolute Gasteiger partial charge is 0.0152 e. The third-order valence-electron chi connectivity index (χ3n) is 7.69. The van der Waals surface area contributed by atoms with E-state index in [9.17, 15) is 0 Å². The lowest BCUT2D eigenvalue weighted by Crippen LogP contribution is -2.35. The molecule has 2 aromatic carbocycles. The second-order valence-corrected chi connectivity index (χ2v) is 10.5. The van der Waals surface area contributed by atoms with E-state index in [1.54, 1.807) is 0 Å². The minimum Gasteiger partial charge on any atom is -0.0999 e. The summed E-state index contributed by atoms with van der Waals surface area (Å²) in [6.07, 6.45) is 13.8. The van der Waals surface area contributed by atoms with Gasteiger partial charge in [0.25, 0.3) is 0 Å². The molecule has 0 amide bonds.